The Kier molecular flexibility index (Phi) is 4.43. The molecule has 6 heteroatoms. The Labute approximate surface area is 140 Å². The smallest absolute Gasteiger partial charge is 0.258 e. The van der Waals surface area contributed by atoms with Crippen LogP contribution in [0, 0.1) is 5.82 Å². The lowest BCUT2D eigenvalue weighted by molar-refractivity contribution is 0.102. The van der Waals surface area contributed by atoms with E-state index in [-0.39, 0.29) is 5.56 Å². The molecular formula is C17H11BrFN3O. The van der Waals surface area contributed by atoms with E-state index >= 15 is 0 Å². The molecule has 0 aliphatic heterocycles. The van der Waals surface area contributed by atoms with Gasteiger partial charge in [-0.3, -0.25) is 4.79 Å². The standard InChI is InChI=1S/C17H11BrFN3O/c18-12-6-7-15(19)14(8-12)17(23)22-13-9-20-16(21-10-13)11-4-2-1-3-5-11/h1-10H,(H,22,23). The third-order valence-electron chi connectivity index (χ3n) is 3.11. The molecule has 114 valence electrons. The number of carbonyl (C=O) groups excluding carboxylic acids is 1. The molecule has 23 heavy (non-hydrogen) atoms. The fourth-order valence-electron chi connectivity index (χ4n) is 2.00. The summed E-state index contributed by atoms with van der Waals surface area (Å²) < 4.78 is 14.3. The molecule has 1 heterocycles. The van der Waals surface area contributed by atoms with Crippen LogP contribution < -0.4 is 5.32 Å². The summed E-state index contributed by atoms with van der Waals surface area (Å²) in [6.45, 7) is 0. The first-order chi connectivity index (χ1) is 11.1. The molecule has 0 atom stereocenters. The van der Waals surface area contributed by atoms with E-state index in [2.05, 4.69) is 31.2 Å². The quantitative estimate of drug-likeness (QED) is 0.746. The summed E-state index contributed by atoms with van der Waals surface area (Å²) in [6.07, 6.45) is 2.98. The lowest BCUT2D eigenvalue weighted by atomic mass is 10.2. The van der Waals surface area contributed by atoms with E-state index in [1.807, 2.05) is 30.3 Å². The van der Waals surface area contributed by atoms with E-state index in [1.54, 1.807) is 0 Å². The first-order valence-electron chi connectivity index (χ1n) is 6.77. The minimum atomic E-state index is -0.590. The van der Waals surface area contributed by atoms with Crippen molar-refractivity contribution < 1.29 is 9.18 Å². The normalized spacial score (nSPS) is 10.3. The van der Waals surface area contributed by atoms with Gasteiger partial charge in [0.25, 0.3) is 5.91 Å². The Hall–Kier alpha value is -2.60. The second-order valence-electron chi connectivity index (χ2n) is 4.74. The highest BCUT2D eigenvalue weighted by Crippen LogP contribution is 2.18. The molecule has 0 saturated heterocycles. The fraction of sp³-hybridized carbons (Fsp3) is 0. The molecular weight excluding hydrogens is 361 g/mol. The van der Waals surface area contributed by atoms with Crippen molar-refractivity contribution in [1.29, 1.82) is 0 Å². The predicted octanol–water partition coefficient (Wildman–Crippen LogP) is 4.30. The highest BCUT2D eigenvalue weighted by molar-refractivity contribution is 9.10. The van der Waals surface area contributed by atoms with Crippen molar-refractivity contribution in [3.8, 4) is 11.4 Å². The number of benzene rings is 2. The molecule has 0 aliphatic rings. The third-order valence-corrected chi connectivity index (χ3v) is 3.61. The highest BCUT2D eigenvalue weighted by atomic mass is 79.9. The summed E-state index contributed by atoms with van der Waals surface area (Å²) in [7, 11) is 0. The molecule has 1 N–H and O–H groups in total. The molecule has 0 saturated carbocycles. The number of anilines is 1. The summed E-state index contributed by atoms with van der Waals surface area (Å²) in [5.74, 6) is -0.593. The van der Waals surface area contributed by atoms with Gasteiger partial charge in [0.15, 0.2) is 5.82 Å². The maximum atomic E-state index is 13.7. The van der Waals surface area contributed by atoms with Gasteiger partial charge < -0.3 is 5.32 Å². The lowest BCUT2D eigenvalue weighted by Crippen LogP contribution is -2.14. The van der Waals surface area contributed by atoms with Crippen LogP contribution in [-0.4, -0.2) is 15.9 Å². The number of nitrogens with zero attached hydrogens (tertiary/aromatic N) is 2. The molecule has 2 aromatic carbocycles. The maximum absolute atomic E-state index is 13.7. The van der Waals surface area contributed by atoms with Crippen molar-refractivity contribution in [2.45, 2.75) is 0 Å². The fourth-order valence-corrected chi connectivity index (χ4v) is 2.36. The molecule has 3 aromatic rings. The predicted molar refractivity (Wildman–Crippen MR) is 89.5 cm³/mol. The van der Waals surface area contributed by atoms with Crippen LogP contribution in [-0.2, 0) is 0 Å². The van der Waals surface area contributed by atoms with Gasteiger partial charge in [-0.1, -0.05) is 46.3 Å². The molecule has 1 aromatic heterocycles. The van der Waals surface area contributed by atoms with E-state index in [0.29, 0.717) is 16.0 Å². The topological polar surface area (TPSA) is 54.9 Å². The number of nitrogens with one attached hydrogen (secondary N) is 1. The van der Waals surface area contributed by atoms with Crippen LogP contribution in [0.3, 0.4) is 0 Å². The van der Waals surface area contributed by atoms with E-state index in [0.717, 1.165) is 5.56 Å². The first kappa shape index (κ1) is 15.3. The number of amides is 1. The van der Waals surface area contributed by atoms with E-state index in [1.165, 1.54) is 30.6 Å². The van der Waals surface area contributed by atoms with Crippen LogP contribution in [0.25, 0.3) is 11.4 Å². The zero-order valence-electron chi connectivity index (χ0n) is 11.8. The van der Waals surface area contributed by atoms with Crippen molar-refractivity contribution in [3.63, 3.8) is 0 Å². The minimum absolute atomic E-state index is 0.0495. The molecule has 0 fully saturated rings. The molecule has 0 aliphatic carbocycles. The average molecular weight is 372 g/mol. The Balaban J connectivity index is 1.78. The third kappa shape index (κ3) is 3.60. The van der Waals surface area contributed by atoms with Crippen LogP contribution in [0.2, 0.25) is 0 Å². The average Bonchev–Trinajstić information content (AvgIpc) is 2.58. The van der Waals surface area contributed by atoms with E-state index in [4.69, 9.17) is 0 Å². The van der Waals surface area contributed by atoms with Gasteiger partial charge in [0.2, 0.25) is 0 Å². The summed E-state index contributed by atoms with van der Waals surface area (Å²) in [6, 6.07) is 13.7. The van der Waals surface area contributed by atoms with Gasteiger partial charge in [0.1, 0.15) is 5.82 Å². The lowest BCUT2D eigenvalue weighted by Gasteiger charge is -2.07. The summed E-state index contributed by atoms with van der Waals surface area (Å²) in [5.41, 5.74) is 1.23. The minimum Gasteiger partial charge on any atom is -0.319 e. The Morgan fingerprint density at radius 3 is 2.43 bits per heavy atom. The second kappa shape index (κ2) is 6.66. The number of hydrogen-bond acceptors (Lipinski definition) is 3. The number of halogens is 2. The molecule has 0 unspecified atom stereocenters. The van der Waals surface area contributed by atoms with Gasteiger partial charge in [-0.2, -0.15) is 0 Å². The van der Waals surface area contributed by atoms with Gasteiger partial charge in [-0.25, -0.2) is 14.4 Å². The second-order valence-corrected chi connectivity index (χ2v) is 5.66. The van der Waals surface area contributed by atoms with Crippen molar-refractivity contribution >= 4 is 27.5 Å². The van der Waals surface area contributed by atoms with Crippen LogP contribution in [0.1, 0.15) is 10.4 Å². The van der Waals surface area contributed by atoms with Crippen LogP contribution in [0.4, 0.5) is 10.1 Å². The van der Waals surface area contributed by atoms with E-state index in [9.17, 15) is 9.18 Å². The Bertz CT molecular complexity index is 838. The number of hydrogen-bond donors (Lipinski definition) is 1. The van der Waals surface area contributed by atoms with Crippen molar-refractivity contribution in [2.75, 3.05) is 5.32 Å². The largest absolute Gasteiger partial charge is 0.319 e. The molecule has 0 spiro atoms. The molecule has 4 nitrogen and oxygen atoms in total. The molecule has 3 rings (SSSR count). The molecule has 0 bridgehead atoms. The zero-order valence-corrected chi connectivity index (χ0v) is 13.4. The van der Waals surface area contributed by atoms with Crippen LogP contribution >= 0.6 is 15.9 Å². The van der Waals surface area contributed by atoms with Gasteiger partial charge in [-0.05, 0) is 18.2 Å². The Morgan fingerprint density at radius 2 is 1.74 bits per heavy atom. The van der Waals surface area contributed by atoms with Gasteiger partial charge in [0.05, 0.1) is 23.6 Å². The number of rotatable bonds is 3. The summed E-state index contributed by atoms with van der Waals surface area (Å²) >= 11 is 3.21. The molecule has 0 radical (unpaired) electrons. The summed E-state index contributed by atoms with van der Waals surface area (Å²) in [4.78, 5) is 20.5. The van der Waals surface area contributed by atoms with Crippen molar-refractivity contribution in [3.05, 3.63) is 76.8 Å². The van der Waals surface area contributed by atoms with Gasteiger partial charge in [0, 0.05) is 10.0 Å². The number of carbonyl (C=O) groups is 1. The maximum Gasteiger partial charge on any atom is 0.258 e. The van der Waals surface area contributed by atoms with Crippen LogP contribution in [0.15, 0.2) is 65.4 Å². The Morgan fingerprint density at radius 1 is 1.04 bits per heavy atom. The summed E-state index contributed by atoms with van der Waals surface area (Å²) in [5, 5.41) is 2.58. The SMILES string of the molecule is O=C(Nc1cnc(-c2ccccc2)nc1)c1cc(Br)ccc1F. The zero-order chi connectivity index (χ0) is 16.2. The van der Waals surface area contributed by atoms with Crippen molar-refractivity contribution in [1.82, 2.24) is 9.97 Å². The number of aromatic nitrogens is 2. The van der Waals surface area contributed by atoms with Crippen molar-refractivity contribution in [2.24, 2.45) is 0 Å². The highest BCUT2D eigenvalue weighted by Gasteiger charge is 2.13. The van der Waals surface area contributed by atoms with Crippen LogP contribution in [0.5, 0.6) is 0 Å². The first-order valence-corrected chi connectivity index (χ1v) is 7.56. The van der Waals surface area contributed by atoms with Gasteiger partial charge in [-0.15, -0.1) is 0 Å². The van der Waals surface area contributed by atoms with Gasteiger partial charge >= 0.3 is 0 Å². The molecule has 1 amide bonds. The monoisotopic (exact) mass is 371 g/mol. The van der Waals surface area contributed by atoms with E-state index < -0.39 is 11.7 Å².